The molecule has 1 N–H and O–H groups in total. The molecule has 0 aliphatic carbocycles. The molecule has 3 aromatic carbocycles. The molecule has 1 atom stereocenters. The van der Waals surface area contributed by atoms with Crippen LogP contribution in [0, 0.1) is 17.1 Å². The first kappa shape index (κ1) is 19.8. The molecule has 0 unspecified atom stereocenters. The van der Waals surface area contributed by atoms with E-state index in [2.05, 4.69) is 11.4 Å². The van der Waals surface area contributed by atoms with Crippen LogP contribution in [0.5, 0.6) is 0 Å². The number of hydrogen-bond donors (Lipinski definition) is 1. The number of amides is 1. The van der Waals surface area contributed by atoms with Crippen molar-refractivity contribution >= 4 is 17.6 Å². The molecule has 0 saturated heterocycles. The fraction of sp³-hybridized carbons (Fsp3) is 0.0870. The van der Waals surface area contributed by atoms with Gasteiger partial charge in [-0.1, -0.05) is 42.5 Å². The average Bonchev–Trinajstić information content (AvgIpc) is 2.73. The van der Waals surface area contributed by atoms with E-state index in [1.165, 1.54) is 31.2 Å². The van der Waals surface area contributed by atoms with Crippen molar-refractivity contribution in [1.29, 1.82) is 5.26 Å². The van der Waals surface area contributed by atoms with Crippen LogP contribution < -0.4 is 5.32 Å². The van der Waals surface area contributed by atoms with Gasteiger partial charge in [-0.2, -0.15) is 5.26 Å². The van der Waals surface area contributed by atoms with Crippen LogP contribution in [0.4, 0.5) is 10.1 Å². The number of benzene rings is 3. The van der Waals surface area contributed by atoms with Crippen molar-refractivity contribution in [2.45, 2.75) is 13.0 Å². The van der Waals surface area contributed by atoms with Crippen LogP contribution >= 0.6 is 0 Å². The Bertz CT molecular complexity index is 1110. The minimum atomic E-state index is -1.11. The molecule has 3 rings (SSSR count). The van der Waals surface area contributed by atoms with Crippen molar-refractivity contribution in [2.75, 3.05) is 5.32 Å². The third-order valence-electron chi connectivity index (χ3n) is 4.23. The lowest BCUT2D eigenvalue weighted by Crippen LogP contribution is -2.30. The largest absolute Gasteiger partial charge is 0.449 e. The van der Waals surface area contributed by atoms with E-state index in [4.69, 9.17) is 4.74 Å². The van der Waals surface area contributed by atoms with Gasteiger partial charge in [0.1, 0.15) is 5.82 Å². The number of esters is 1. The van der Waals surface area contributed by atoms with Crippen LogP contribution in [-0.4, -0.2) is 18.0 Å². The Labute approximate surface area is 167 Å². The molecule has 1 amide bonds. The van der Waals surface area contributed by atoms with Gasteiger partial charge < -0.3 is 10.1 Å². The van der Waals surface area contributed by atoms with Gasteiger partial charge in [0, 0.05) is 11.3 Å². The van der Waals surface area contributed by atoms with Gasteiger partial charge >= 0.3 is 5.97 Å². The van der Waals surface area contributed by atoms with Gasteiger partial charge in [0.15, 0.2) is 6.10 Å². The molecule has 144 valence electrons. The van der Waals surface area contributed by atoms with Gasteiger partial charge in [0.05, 0.1) is 17.2 Å². The maximum atomic E-state index is 13.3. The van der Waals surface area contributed by atoms with E-state index in [1.54, 1.807) is 48.5 Å². The van der Waals surface area contributed by atoms with Gasteiger partial charge in [-0.3, -0.25) is 4.79 Å². The minimum Gasteiger partial charge on any atom is -0.449 e. The zero-order chi connectivity index (χ0) is 20.8. The molecule has 0 aliphatic rings. The first-order valence-corrected chi connectivity index (χ1v) is 8.85. The van der Waals surface area contributed by atoms with Crippen molar-refractivity contribution in [3.05, 3.63) is 89.7 Å². The Morgan fingerprint density at radius 3 is 2.41 bits per heavy atom. The van der Waals surface area contributed by atoms with E-state index in [0.717, 1.165) is 0 Å². The van der Waals surface area contributed by atoms with Crippen LogP contribution in [0.2, 0.25) is 0 Å². The number of nitriles is 1. The van der Waals surface area contributed by atoms with Gasteiger partial charge in [0.2, 0.25) is 0 Å². The molecule has 0 heterocycles. The first-order chi connectivity index (χ1) is 14.0. The van der Waals surface area contributed by atoms with Gasteiger partial charge in [-0.05, 0) is 42.8 Å². The summed E-state index contributed by atoms with van der Waals surface area (Å²) in [6.07, 6.45) is -1.11. The number of nitrogens with zero attached hydrogens (tertiary/aromatic N) is 1. The average molecular weight is 388 g/mol. The number of carbonyl (C=O) groups is 2. The summed E-state index contributed by atoms with van der Waals surface area (Å²) in [6, 6.07) is 21.1. The fourth-order valence-corrected chi connectivity index (χ4v) is 2.80. The second kappa shape index (κ2) is 8.81. The van der Waals surface area contributed by atoms with Gasteiger partial charge in [0.25, 0.3) is 5.91 Å². The van der Waals surface area contributed by atoms with E-state index >= 15 is 0 Å². The highest BCUT2D eigenvalue weighted by molar-refractivity contribution is 6.01. The van der Waals surface area contributed by atoms with Crippen LogP contribution in [-0.2, 0) is 9.53 Å². The van der Waals surface area contributed by atoms with E-state index in [0.29, 0.717) is 16.7 Å². The summed E-state index contributed by atoms with van der Waals surface area (Å²) < 4.78 is 18.6. The summed E-state index contributed by atoms with van der Waals surface area (Å²) in [5.41, 5.74) is 2.05. The van der Waals surface area contributed by atoms with Gasteiger partial charge in [-0.15, -0.1) is 0 Å². The van der Waals surface area contributed by atoms with Crippen molar-refractivity contribution in [1.82, 2.24) is 0 Å². The number of anilines is 1. The number of halogens is 1. The molecule has 5 nitrogen and oxygen atoms in total. The Morgan fingerprint density at radius 1 is 1.00 bits per heavy atom. The molecular weight excluding hydrogens is 371 g/mol. The number of rotatable bonds is 5. The van der Waals surface area contributed by atoms with E-state index < -0.39 is 23.8 Å². The number of carbonyl (C=O) groups excluding carboxylic acids is 2. The minimum absolute atomic E-state index is 0.237. The number of nitrogens with one attached hydrogen (secondary N) is 1. The highest BCUT2D eigenvalue weighted by Crippen LogP contribution is 2.27. The first-order valence-electron chi connectivity index (χ1n) is 8.85. The lowest BCUT2D eigenvalue weighted by molar-refractivity contribution is -0.123. The Hall–Kier alpha value is -3.98. The van der Waals surface area contributed by atoms with Crippen LogP contribution in [0.1, 0.15) is 22.8 Å². The lowest BCUT2D eigenvalue weighted by Gasteiger charge is -2.15. The molecule has 0 saturated carbocycles. The van der Waals surface area contributed by atoms with Crippen molar-refractivity contribution in [3.8, 4) is 17.2 Å². The summed E-state index contributed by atoms with van der Waals surface area (Å²) in [5.74, 6) is -1.77. The molecule has 0 aromatic heterocycles. The third kappa shape index (κ3) is 4.66. The summed E-state index contributed by atoms with van der Waals surface area (Å²) in [4.78, 5) is 25.0. The monoisotopic (exact) mass is 388 g/mol. The smallest absolute Gasteiger partial charge is 0.339 e. The van der Waals surface area contributed by atoms with Crippen LogP contribution in [0.25, 0.3) is 11.1 Å². The summed E-state index contributed by atoms with van der Waals surface area (Å²) in [6.45, 7) is 1.43. The molecule has 29 heavy (non-hydrogen) atoms. The zero-order valence-electron chi connectivity index (χ0n) is 15.6. The summed E-state index contributed by atoms with van der Waals surface area (Å²) in [7, 11) is 0. The second-order valence-corrected chi connectivity index (χ2v) is 6.25. The topological polar surface area (TPSA) is 79.2 Å². The molecule has 0 fully saturated rings. The normalized spacial score (nSPS) is 11.2. The molecular formula is C23H17FN2O3. The van der Waals surface area contributed by atoms with E-state index in [9.17, 15) is 19.2 Å². The second-order valence-electron chi connectivity index (χ2n) is 6.25. The van der Waals surface area contributed by atoms with Gasteiger partial charge in [-0.25, -0.2) is 9.18 Å². The highest BCUT2D eigenvalue weighted by Gasteiger charge is 2.22. The molecule has 3 aromatic rings. The Kier molecular flexibility index (Phi) is 6.00. The summed E-state index contributed by atoms with van der Waals surface area (Å²) >= 11 is 0. The predicted octanol–water partition coefficient (Wildman–Crippen LogP) is 4.55. The lowest BCUT2D eigenvalue weighted by atomic mass is 9.96. The van der Waals surface area contributed by atoms with Crippen molar-refractivity contribution in [3.63, 3.8) is 0 Å². The molecule has 0 radical (unpaired) electrons. The number of ether oxygens (including phenoxy) is 1. The quantitative estimate of drug-likeness (QED) is 0.651. The fourth-order valence-electron chi connectivity index (χ4n) is 2.80. The molecule has 0 aliphatic heterocycles. The van der Waals surface area contributed by atoms with E-state index in [1.807, 2.05) is 0 Å². The SMILES string of the molecule is C[C@H](OC(=O)c1ccccc1-c1ccccc1C#N)C(=O)Nc1cccc(F)c1. The number of hydrogen-bond acceptors (Lipinski definition) is 4. The Morgan fingerprint density at radius 2 is 1.69 bits per heavy atom. The third-order valence-corrected chi connectivity index (χ3v) is 4.23. The standard InChI is InChI=1S/C23H17FN2O3/c1-15(22(27)26-18-9-6-8-17(24)13-18)29-23(28)21-12-5-4-11-20(21)19-10-3-2-7-16(19)14-25/h2-13,15H,1H3,(H,26,27)/t15-/m0/s1. The highest BCUT2D eigenvalue weighted by atomic mass is 19.1. The van der Waals surface area contributed by atoms with Crippen molar-refractivity contribution < 1.29 is 18.7 Å². The van der Waals surface area contributed by atoms with E-state index in [-0.39, 0.29) is 11.3 Å². The molecule has 0 bridgehead atoms. The predicted molar refractivity (Wildman–Crippen MR) is 107 cm³/mol. The zero-order valence-corrected chi connectivity index (χ0v) is 15.6. The van der Waals surface area contributed by atoms with Crippen molar-refractivity contribution in [2.24, 2.45) is 0 Å². The molecule has 0 spiro atoms. The maximum absolute atomic E-state index is 13.3. The van der Waals surface area contributed by atoms with Crippen LogP contribution in [0.15, 0.2) is 72.8 Å². The molecule has 6 heteroatoms. The maximum Gasteiger partial charge on any atom is 0.339 e. The summed E-state index contributed by atoms with van der Waals surface area (Å²) in [5, 5.41) is 11.8. The van der Waals surface area contributed by atoms with Crippen LogP contribution in [0.3, 0.4) is 0 Å². The Balaban J connectivity index is 1.79.